The minimum atomic E-state index is -4.18. The maximum atomic E-state index is 12.3. The summed E-state index contributed by atoms with van der Waals surface area (Å²) in [4.78, 5) is 5.35. The molecule has 0 spiro atoms. The van der Waals surface area contributed by atoms with Gasteiger partial charge in [0.25, 0.3) is 0 Å². The Kier molecular flexibility index (Phi) is 7.72. The van der Waals surface area contributed by atoms with Crippen molar-refractivity contribution < 1.29 is 13.2 Å². The first kappa shape index (κ1) is 21.3. The van der Waals surface area contributed by atoms with E-state index in [1.807, 2.05) is 32.5 Å². The molecule has 1 rings (SSSR count). The number of guanidine groups is 1. The van der Waals surface area contributed by atoms with Gasteiger partial charge in [-0.3, -0.25) is 14.6 Å². The van der Waals surface area contributed by atoms with E-state index in [-0.39, 0.29) is 12.6 Å². The first-order valence-electron chi connectivity index (χ1n) is 8.25. The van der Waals surface area contributed by atoms with E-state index in [0.29, 0.717) is 12.5 Å². The molecular formula is C16H29F3N6. The van der Waals surface area contributed by atoms with E-state index in [1.54, 1.807) is 7.05 Å². The third-order valence-corrected chi connectivity index (χ3v) is 4.01. The fourth-order valence-corrected chi connectivity index (χ4v) is 2.65. The SMILES string of the molecule is CN=C(NCCN(C)CC(F)(F)F)NC(C)Cc1c(C)nn(C)c1C. The number of hydrogen-bond acceptors (Lipinski definition) is 3. The molecule has 0 aromatic carbocycles. The van der Waals surface area contributed by atoms with Crippen LogP contribution in [0.15, 0.2) is 4.99 Å². The average Bonchev–Trinajstić information content (AvgIpc) is 2.70. The molecule has 0 aliphatic carbocycles. The second-order valence-electron chi connectivity index (χ2n) is 6.37. The number of hydrogen-bond donors (Lipinski definition) is 2. The third kappa shape index (κ3) is 7.33. The predicted molar refractivity (Wildman–Crippen MR) is 93.9 cm³/mol. The average molecular weight is 362 g/mol. The summed E-state index contributed by atoms with van der Waals surface area (Å²) in [6.45, 7) is 5.79. The summed E-state index contributed by atoms with van der Waals surface area (Å²) in [5.41, 5.74) is 3.33. The van der Waals surface area contributed by atoms with Crippen LogP contribution in [-0.4, -0.2) is 66.6 Å². The van der Waals surface area contributed by atoms with Gasteiger partial charge in [0.2, 0.25) is 0 Å². The normalized spacial score (nSPS) is 14.1. The zero-order valence-electron chi connectivity index (χ0n) is 15.8. The lowest BCUT2D eigenvalue weighted by Crippen LogP contribution is -2.45. The van der Waals surface area contributed by atoms with Crippen molar-refractivity contribution in [1.82, 2.24) is 25.3 Å². The molecule has 1 atom stereocenters. The lowest BCUT2D eigenvalue weighted by Gasteiger charge is -2.21. The summed E-state index contributed by atoms with van der Waals surface area (Å²) in [6, 6.07) is 0.112. The number of aromatic nitrogens is 2. The van der Waals surface area contributed by atoms with Gasteiger partial charge in [-0.15, -0.1) is 0 Å². The zero-order chi connectivity index (χ0) is 19.2. The van der Waals surface area contributed by atoms with Crippen LogP contribution >= 0.6 is 0 Å². The number of alkyl halides is 3. The highest BCUT2D eigenvalue weighted by atomic mass is 19.4. The van der Waals surface area contributed by atoms with E-state index < -0.39 is 12.7 Å². The van der Waals surface area contributed by atoms with Crippen molar-refractivity contribution in [3.63, 3.8) is 0 Å². The van der Waals surface area contributed by atoms with Crippen molar-refractivity contribution in [3.05, 3.63) is 17.0 Å². The Hall–Kier alpha value is -1.77. The molecule has 1 aromatic rings. The van der Waals surface area contributed by atoms with Crippen molar-refractivity contribution >= 4 is 5.96 Å². The van der Waals surface area contributed by atoms with Gasteiger partial charge in [-0.05, 0) is 39.8 Å². The molecule has 0 amide bonds. The zero-order valence-corrected chi connectivity index (χ0v) is 15.8. The van der Waals surface area contributed by atoms with Crippen molar-refractivity contribution in [2.75, 3.05) is 33.7 Å². The number of likely N-dealkylation sites (N-methyl/N-ethyl adjacent to an activating group) is 1. The highest BCUT2D eigenvalue weighted by molar-refractivity contribution is 5.79. The van der Waals surface area contributed by atoms with Crippen LogP contribution in [0.1, 0.15) is 23.9 Å². The summed E-state index contributed by atoms with van der Waals surface area (Å²) >= 11 is 0. The number of aryl methyl sites for hydroxylation is 2. The number of nitrogens with zero attached hydrogens (tertiary/aromatic N) is 4. The van der Waals surface area contributed by atoms with Gasteiger partial charge in [0.1, 0.15) is 0 Å². The van der Waals surface area contributed by atoms with Gasteiger partial charge < -0.3 is 10.6 Å². The summed E-state index contributed by atoms with van der Waals surface area (Å²) in [7, 11) is 5.01. The largest absolute Gasteiger partial charge is 0.401 e. The van der Waals surface area contributed by atoms with E-state index >= 15 is 0 Å². The molecule has 1 heterocycles. The first-order chi connectivity index (χ1) is 11.5. The maximum Gasteiger partial charge on any atom is 0.401 e. The van der Waals surface area contributed by atoms with E-state index in [9.17, 15) is 13.2 Å². The smallest absolute Gasteiger partial charge is 0.355 e. The Balaban J connectivity index is 2.45. The van der Waals surface area contributed by atoms with E-state index in [4.69, 9.17) is 0 Å². The lowest BCUT2D eigenvalue weighted by atomic mass is 10.1. The summed E-state index contributed by atoms with van der Waals surface area (Å²) in [5.74, 6) is 0.576. The first-order valence-corrected chi connectivity index (χ1v) is 8.25. The second-order valence-corrected chi connectivity index (χ2v) is 6.37. The Morgan fingerprint density at radius 3 is 2.48 bits per heavy atom. The van der Waals surface area contributed by atoms with Gasteiger partial charge in [-0.2, -0.15) is 18.3 Å². The molecule has 2 N–H and O–H groups in total. The Bertz CT molecular complexity index is 579. The highest BCUT2D eigenvalue weighted by Gasteiger charge is 2.28. The molecule has 0 aliphatic rings. The van der Waals surface area contributed by atoms with Crippen LogP contribution in [-0.2, 0) is 13.5 Å². The van der Waals surface area contributed by atoms with E-state index in [0.717, 1.165) is 17.8 Å². The van der Waals surface area contributed by atoms with E-state index in [2.05, 4.69) is 20.7 Å². The molecule has 25 heavy (non-hydrogen) atoms. The molecule has 0 saturated heterocycles. The van der Waals surface area contributed by atoms with Crippen molar-refractivity contribution in [2.45, 2.75) is 39.4 Å². The van der Waals surface area contributed by atoms with Gasteiger partial charge in [-0.1, -0.05) is 0 Å². The third-order valence-electron chi connectivity index (χ3n) is 4.01. The highest BCUT2D eigenvalue weighted by Crippen LogP contribution is 2.15. The molecule has 0 fully saturated rings. The van der Waals surface area contributed by atoms with Crippen LogP contribution < -0.4 is 10.6 Å². The summed E-state index contributed by atoms with van der Waals surface area (Å²) in [6.07, 6.45) is -3.39. The fraction of sp³-hybridized carbons (Fsp3) is 0.750. The van der Waals surface area contributed by atoms with Crippen LogP contribution in [0, 0.1) is 13.8 Å². The van der Waals surface area contributed by atoms with Crippen LogP contribution in [0.3, 0.4) is 0 Å². The maximum absolute atomic E-state index is 12.3. The molecule has 0 saturated carbocycles. The lowest BCUT2D eigenvalue weighted by molar-refractivity contribution is -0.142. The fourth-order valence-electron chi connectivity index (χ4n) is 2.65. The molecular weight excluding hydrogens is 333 g/mol. The van der Waals surface area contributed by atoms with Crippen molar-refractivity contribution in [3.8, 4) is 0 Å². The second kappa shape index (κ2) is 9.07. The minimum Gasteiger partial charge on any atom is -0.355 e. The van der Waals surface area contributed by atoms with Crippen LogP contribution in [0.25, 0.3) is 0 Å². The Labute approximate surface area is 147 Å². The van der Waals surface area contributed by atoms with Gasteiger partial charge in [0, 0.05) is 38.9 Å². The Morgan fingerprint density at radius 2 is 2.00 bits per heavy atom. The number of aliphatic imine (C=N–C) groups is 1. The minimum absolute atomic E-state index is 0.112. The topological polar surface area (TPSA) is 57.5 Å². The molecule has 1 aromatic heterocycles. The van der Waals surface area contributed by atoms with Gasteiger partial charge in [-0.25, -0.2) is 0 Å². The summed E-state index contributed by atoms with van der Waals surface area (Å²) in [5, 5.41) is 10.7. The van der Waals surface area contributed by atoms with Gasteiger partial charge in [0.15, 0.2) is 5.96 Å². The molecule has 144 valence electrons. The van der Waals surface area contributed by atoms with Crippen LogP contribution in [0.5, 0.6) is 0 Å². The van der Waals surface area contributed by atoms with E-state index in [1.165, 1.54) is 17.5 Å². The number of halogens is 3. The molecule has 1 unspecified atom stereocenters. The number of nitrogens with one attached hydrogen (secondary N) is 2. The van der Waals surface area contributed by atoms with Crippen LogP contribution in [0.2, 0.25) is 0 Å². The Morgan fingerprint density at radius 1 is 1.36 bits per heavy atom. The molecule has 6 nitrogen and oxygen atoms in total. The quantitative estimate of drug-likeness (QED) is 0.572. The number of rotatable bonds is 7. The molecule has 0 aliphatic heterocycles. The molecule has 0 bridgehead atoms. The van der Waals surface area contributed by atoms with Crippen molar-refractivity contribution in [2.24, 2.45) is 12.0 Å². The van der Waals surface area contributed by atoms with Crippen molar-refractivity contribution in [1.29, 1.82) is 0 Å². The van der Waals surface area contributed by atoms with Gasteiger partial charge in [0.05, 0.1) is 12.2 Å². The summed E-state index contributed by atoms with van der Waals surface area (Å²) < 4.78 is 38.8. The molecule has 0 radical (unpaired) electrons. The predicted octanol–water partition coefficient (Wildman–Crippen LogP) is 1.63. The standard InChI is InChI=1S/C16H29F3N6/c1-11(9-14-12(2)23-25(6)13(14)3)22-15(20-4)21-7-8-24(5)10-16(17,18)19/h11H,7-10H2,1-6H3,(H2,20,21,22). The van der Waals surface area contributed by atoms with Gasteiger partial charge >= 0.3 is 6.18 Å². The molecule has 9 heteroatoms. The monoisotopic (exact) mass is 362 g/mol. The van der Waals surface area contributed by atoms with Crippen LogP contribution in [0.4, 0.5) is 13.2 Å².